The highest BCUT2D eigenvalue weighted by molar-refractivity contribution is 5.95. The maximum atomic E-state index is 13.2. The highest BCUT2D eigenvalue weighted by Gasteiger charge is 2.37. The van der Waals surface area contributed by atoms with E-state index in [0.717, 1.165) is 17.7 Å². The Hall–Kier alpha value is -2.58. The molecule has 0 saturated carbocycles. The van der Waals surface area contributed by atoms with E-state index in [1.807, 2.05) is 0 Å². The van der Waals surface area contributed by atoms with Crippen LogP contribution in [0, 0.1) is 5.92 Å². The van der Waals surface area contributed by atoms with Gasteiger partial charge in [0.2, 0.25) is 5.91 Å². The smallest absolute Gasteiger partial charge is 0.416 e. The Bertz CT molecular complexity index is 867. The van der Waals surface area contributed by atoms with Gasteiger partial charge in [0.05, 0.1) is 25.4 Å². The average molecular weight is 409 g/mol. The first-order valence-electron chi connectivity index (χ1n) is 9.16. The predicted molar refractivity (Wildman–Crippen MR) is 101 cm³/mol. The maximum absolute atomic E-state index is 13.2. The number of nitrogens with one attached hydrogen (secondary N) is 1. The van der Waals surface area contributed by atoms with Crippen molar-refractivity contribution in [2.24, 2.45) is 5.92 Å². The molecular weight excluding hydrogens is 387 g/mol. The summed E-state index contributed by atoms with van der Waals surface area (Å²) in [5.74, 6) is -1.01. The fourth-order valence-corrected chi connectivity index (χ4v) is 3.69. The van der Waals surface area contributed by atoms with Gasteiger partial charge < -0.3 is 20.3 Å². The van der Waals surface area contributed by atoms with Gasteiger partial charge in [-0.25, -0.2) is 0 Å². The molecule has 1 amide bonds. The summed E-state index contributed by atoms with van der Waals surface area (Å²) >= 11 is 0. The van der Waals surface area contributed by atoms with Gasteiger partial charge in [-0.1, -0.05) is 12.1 Å². The molecule has 0 saturated heterocycles. The lowest BCUT2D eigenvalue weighted by Gasteiger charge is -2.26. The Morgan fingerprint density at radius 2 is 1.90 bits per heavy atom. The molecule has 8 heteroatoms. The topological polar surface area (TPSA) is 78.8 Å². The molecule has 3 rings (SSSR count). The fraction of sp³-hybridized carbons (Fsp3) is 0.381. The lowest BCUT2D eigenvalue weighted by Crippen LogP contribution is -2.31. The van der Waals surface area contributed by atoms with Gasteiger partial charge in [0, 0.05) is 11.6 Å². The first-order valence-corrected chi connectivity index (χ1v) is 9.16. The summed E-state index contributed by atoms with van der Waals surface area (Å²) in [6, 6.07) is 10.2. The number of amides is 1. The largest absolute Gasteiger partial charge is 0.497 e. The van der Waals surface area contributed by atoms with Crippen molar-refractivity contribution >= 4 is 11.6 Å². The van der Waals surface area contributed by atoms with E-state index in [1.54, 1.807) is 24.3 Å². The molecule has 3 N–H and O–H groups in total. The molecule has 2 aromatic carbocycles. The van der Waals surface area contributed by atoms with Crippen LogP contribution in [0.1, 0.15) is 29.0 Å². The van der Waals surface area contributed by atoms with Crippen molar-refractivity contribution in [3.8, 4) is 5.75 Å². The first-order chi connectivity index (χ1) is 13.7. The van der Waals surface area contributed by atoms with Crippen molar-refractivity contribution in [3.63, 3.8) is 0 Å². The Kier molecular flexibility index (Phi) is 6.14. The van der Waals surface area contributed by atoms with Crippen LogP contribution in [0.15, 0.2) is 42.5 Å². The highest BCUT2D eigenvalue weighted by Crippen LogP contribution is 2.40. The quantitative estimate of drug-likeness (QED) is 0.708. The molecule has 156 valence electrons. The molecule has 0 spiro atoms. The Labute approximate surface area is 166 Å². The summed E-state index contributed by atoms with van der Waals surface area (Å²) in [4.78, 5) is 12.9. The molecule has 0 aliphatic carbocycles. The van der Waals surface area contributed by atoms with Gasteiger partial charge in [0.15, 0.2) is 0 Å². The lowest BCUT2D eigenvalue weighted by atomic mass is 9.79. The molecule has 1 aliphatic rings. The number of carbonyl (C=O) groups excluding carboxylic acids is 1. The molecule has 0 radical (unpaired) electrons. The van der Waals surface area contributed by atoms with Crippen LogP contribution in [0.3, 0.4) is 0 Å². The van der Waals surface area contributed by atoms with Crippen LogP contribution in [0.4, 0.5) is 18.9 Å². The molecule has 1 heterocycles. The number of alkyl halides is 3. The summed E-state index contributed by atoms with van der Waals surface area (Å²) in [6.45, 7) is -0.510. The molecule has 0 aromatic heterocycles. The number of aliphatic hydroxyl groups excluding tert-OH is 2. The zero-order chi connectivity index (χ0) is 21.2. The average Bonchev–Trinajstić information content (AvgIpc) is 2.83. The van der Waals surface area contributed by atoms with E-state index in [0.29, 0.717) is 17.0 Å². The summed E-state index contributed by atoms with van der Waals surface area (Å²) in [7, 11) is 1.52. The number of anilines is 1. The minimum atomic E-state index is -4.49. The number of methoxy groups -OCH3 is 1. The van der Waals surface area contributed by atoms with E-state index in [2.05, 4.69) is 5.32 Å². The second kappa shape index (κ2) is 8.42. The molecular formula is C21H22F3NO4. The third-order valence-corrected chi connectivity index (χ3v) is 5.23. The molecule has 0 fully saturated rings. The normalized spacial score (nSPS) is 20.4. The van der Waals surface area contributed by atoms with Gasteiger partial charge in [-0.15, -0.1) is 0 Å². The van der Waals surface area contributed by atoms with Gasteiger partial charge in [-0.3, -0.25) is 4.79 Å². The third kappa shape index (κ3) is 4.71. The molecule has 1 aliphatic heterocycles. The maximum Gasteiger partial charge on any atom is 0.416 e. The summed E-state index contributed by atoms with van der Waals surface area (Å²) in [6.07, 6.45) is -5.45. The molecule has 3 atom stereocenters. The monoisotopic (exact) mass is 409 g/mol. The second-order valence-electron chi connectivity index (χ2n) is 7.12. The van der Waals surface area contributed by atoms with Gasteiger partial charge in [0.1, 0.15) is 5.75 Å². The Balaban J connectivity index is 2.04. The number of hydrogen-bond donors (Lipinski definition) is 3. The lowest BCUT2D eigenvalue weighted by molar-refractivity contribution is -0.137. The van der Waals surface area contributed by atoms with Crippen LogP contribution in [-0.4, -0.2) is 35.9 Å². The van der Waals surface area contributed by atoms with Crippen LogP contribution in [0.25, 0.3) is 0 Å². The van der Waals surface area contributed by atoms with E-state index < -0.39 is 42.2 Å². The van der Waals surface area contributed by atoms with Crippen molar-refractivity contribution in [1.29, 1.82) is 0 Å². The first kappa shape index (κ1) is 21.1. The Morgan fingerprint density at radius 1 is 1.21 bits per heavy atom. The number of aliphatic hydroxyl groups is 2. The SMILES string of the molecule is COc1ccc([C@@H]2Cc3cc(C(F)(F)F)ccc3NC(=O)[C@@H]2CC(O)CO)cc1. The van der Waals surface area contributed by atoms with Gasteiger partial charge in [0.25, 0.3) is 0 Å². The highest BCUT2D eigenvalue weighted by atomic mass is 19.4. The van der Waals surface area contributed by atoms with Crippen LogP contribution in [-0.2, 0) is 17.4 Å². The predicted octanol–water partition coefficient (Wildman–Crippen LogP) is 3.35. The van der Waals surface area contributed by atoms with E-state index in [9.17, 15) is 28.2 Å². The second-order valence-corrected chi connectivity index (χ2v) is 7.12. The van der Waals surface area contributed by atoms with E-state index in [-0.39, 0.29) is 12.8 Å². The summed E-state index contributed by atoms with van der Waals surface area (Å²) < 4.78 is 44.7. The van der Waals surface area contributed by atoms with E-state index in [1.165, 1.54) is 13.2 Å². The van der Waals surface area contributed by atoms with Crippen molar-refractivity contribution in [2.45, 2.75) is 31.0 Å². The third-order valence-electron chi connectivity index (χ3n) is 5.23. The molecule has 0 bridgehead atoms. The molecule has 29 heavy (non-hydrogen) atoms. The number of rotatable bonds is 5. The minimum Gasteiger partial charge on any atom is -0.497 e. The van der Waals surface area contributed by atoms with Crippen molar-refractivity contribution in [1.82, 2.24) is 0 Å². The van der Waals surface area contributed by atoms with E-state index >= 15 is 0 Å². The Morgan fingerprint density at radius 3 is 2.48 bits per heavy atom. The number of halogens is 3. The number of fused-ring (bicyclic) bond motifs is 1. The van der Waals surface area contributed by atoms with Gasteiger partial charge in [-0.2, -0.15) is 13.2 Å². The van der Waals surface area contributed by atoms with Gasteiger partial charge in [-0.05, 0) is 60.2 Å². The standard InChI is InChI=1S/C21H22F3NO4/c1-29-16-5-2-12(3-6-16)17-9-13-8-14(21(22,23)24)4-7-19(13)25-20(28)18(17)10-15(27)11-26/h2-8,15,17-18,26-27H,9-11H2,1H3,(H,25,28)/t15?,17-,18+/m0/s1. The van der Waals surface area contributed by atoms with Gasteiger partial charge >= 0.3 is 6.18 Å². The zero-order valence-corrected chi connectivity index (χ0v) is 15.7. The fourth-order valence-electron chi connectivity index (χ4n) is 3.69. The number of benzene rings is 2. The number of carbonyl (C=O) groups is 1. The van der Waals surface area contributed by atoms with E-state index in [4.69, 9.17) is 4.74 Å². The van der Waals surface area contributed by atoms with Crippen LogP contribution < -0.4 is 10.1 Å². The summed E-state index contributed by atoms with van der Waals surface area (Å²) in [5.41, 5.74) is 0.645. The van der Waals surface area contributed by atoms with Crippen LogP contribution in [0.2, 0.25) is 0 Å². The molecule has 1 unspecified atom stereocenters. The van der Waals surface area contributed by atoms with Crippen molar-refractivity contribution < 1.29 is 32.9 Å². The zero-order valence-electron chi connectivity index (χ0n) is 15.7. The van der Waals surface area contributed by atoms with Crippen molar-refractivity contribution in [3.05, 3.63) is 59.2 Å². The molecule has 5 nitrogen and oxygen atoms in total. The summed E-state index contributed by atoms with van der Waals surface area (Å²) in [5, 5.41) is 21.8. The van der Waals surface area contributed by atoms with Crippen LogP contribution >= 0.6 is 0 Å². The number of hydrogen-bond acceptors (Lipinski definition) is 4. The minimum absolute atomic E-state index is 0.0147. The number of ether oxygens (including phenoxy) is 1. The molecule has 2 aromatic rings. The van der Waals surface area contributed by atoms with Crippen LogP contribution in [0.5, 0.6) is 5.75 Å². The van der Waals surface area contributed by atoms with Crippen molar-refractivity contribution in [2.75, 3.05) is 19.0 Å².